The number of benzene rings is 1. The highest BCUT2D eigenvalue weighted by Crippen LogP contribution is 2.37. The average molecular weight is 311 g/mol. The lowest BCUT2D eigenvalue weighted by molar-refractivity contribution is -0.422. The summed E-state index contributed by atoms with van der Waals surface area (Å²) in [4.78, 5) is 20.2. The Hall–Kier alpha value is -2.10. The first-order chi connectivity index (χ1) is 10.1. The van der Waals surface area contributed by atoms with E-state index in [4.69, 9.17) is 4.74 Å². The van der Waals surface area contributed by atoms with Crippen molar-refractivity contribution in [3.63, 3.8) is 0 Å². The van der Waals surface area contributed by atoms with Gasteiger partial charge in [-0.05, 0) is 26.8 Å². The molecule has 1 aliphatic rings. The molecule has 0 saturated carbocycles. The van der Waals surface area contributed by atoms with E-state index in [0.717, 1.165) is 12.1 Å². The third-order valence-electron chi connectivity index (χ3n) is 3.63. The van der Waals surface area contributed by atoms with Gasteiger partial charge in [0.1, 0.15) is 0 Å². The number of nitrogens with one attached hydrogen (secondary N) is 1. The molecule has 120 valence electrons. The summed E-state index contributed by atoms with van der Waals surface area (Å²) in [7, 11) is 0. The fraction of sp³-hybridized carbons (Fsp3) is 0.538. The summed E-state index contributed by atoms with van der Waals surface area (Å²) in [6.45, 7) is 5.63. The van der Waals surface area contributed by atoms with Crippen LogP contribution in [0.3, 0.4) is 0 Å². The molecule has 0 aromatic heterocycles. The first-order valence-electron chi connectivity index (χ1n) is 6.64. The van der Waals surface area contributed by atoms with E-state index in [9.17, 15) is 25.3 Å². The number of rotatable bonds is 3. The Balaban J connectivity index is 2.47. The van der Waals surface area contributed by atoms with E-state index in [1.807, 2.05) is 13.8 Å². The molecule has 0 bridgehead atoms. The maximum Gasteiger partial charge on any atom is 0.346 e. The minimum Gasteiger partial charge on any atom is -0.361 e. The lowest BCUT2D eigenvalue weighted by atomic mass is 9.92. The van der Waals surface area contributed by atoms with Crippen LogP contribution in [0.1, 0.15) is 26.3 Å². The normalized spacial score (nSPS) is 27.4. The Morgan fingerprint density at radius 2 is 1.86 bits per heavy atom. The Labute approximate surface area is 126 Å². The van der Waals surface area contributed by atoms with Crippen LogP contribution < -0.4 is 5.32 Å². The number of morpholine rings is 1. The molecule has 2 rings (SSSR count). The highest BCUT2D eigenvalue weighted by molar-refractivity contribution is 5.55. The minimum absolute atomic E-state index is 0.0975. The van der Waals surface area contributed by atoms with Crippen LogP contribution in [-0.2, 0) is 10.5 Å². The smallest absolute Gasteiger partial charge is 0.346 e. The highest BCUT2D eigenvalue weighted by Gasteiger charge is 2.46. The van der Waals surface area contributed by atoms with Crippen molar-refractivity contribution in [3.8, 4) is 0 Å². The van der Waals surface area contributed by atoms with Crippen LogP contribution in [0.2, 0.25) is 0 Å². The van der Waals surface area contributed by atoms with Gasteiger partial charge in [0.05, 0.1) is 22.5 Å². The summed E-state index contributed by atoms with van der Waals surface area (Å²) in [5, 5.41) is 35.7. The van der Waals surface area contributed by atoms with Gasteiger partial charge < -0.3 is 15.2 Å². The molecule has 1 heterocycles. The molecule has 1 aromatic carbocycles. The average Bonchev–Trinajstić information content (AvgIpc) is 2.42. The topological polar surface area (TPSA) is 128 Å². The Morgan fingerprint density at radius 1 is 1.27 bits per heavy atom. The van der Waals surface area contributed by atoms with Crippen molar-refractivity contribution in [1.82, 2.24) is 5.32 Å². The molecule has 0 radical (unpaired) electrons. The maximum absolute atomic E-state index is 11.0. The minimum atomic E-state index is -1.80. The standard InChI is InChI=1S/C13H17N3O6/c1-8-13(17,22-7-12(2,3)14-8)9-4-5-10(15(18)19)11(6-9)16(20)21/h4-6,8,14,17H,7H2,1-3H3. The van der Waals surface area contributed by atoms with E-state index in [0.29, 0.717) is 0 Å². The summed E-state index contributed by atoms with van der Waals surface area (Å²) < 4.78 is 5.51. The zero-order valence-corrected chi connectivity index (χ0v) is 12.4. The van der Waals surface area contributed by atoms with Gasteiger partial charge in [0, 0.05) is 23.2 Å². The Bertz CT molecular complexity index is 632. The number of aliphatic hydroxyl groups is 1. The van der Waals surface area contributed by atoms with Crippen molar-refractivity contribution in [2.24, 2.45) is 0 Å². The van der Waals surface area contributed by atoms with Gasteiger partial charge in [-0.25, -0.2) is 0 Å². The van der Waals surface area contributed by atoms with Gasteiger partial charge in [0.15, 0.2) is 0 Å². The highest BCUT2D eigenvalue weighted by atomic mass is 16.6. The molecule has 1 aliphatic heterocycles. The molecule has 0 spiro atoms. The second-order valence-corrected chi connectivity index (χ2v) is 5.95. The van der Waals surface area contributed by atoms with Crippen molar-refractivity contribution in [2.45, 2.75) is 38.1 Å². The zero-order chi connectivity index (χ0) is 16.7. The summed E-state index contributed by atoms with van der Waals surface area (Å²) in [6, 6.07) is 2.69. The summed E-state index contributed by atoms with van der Waals surface area (Å²) >= 11 is 0. The predicted molar refractivity (Wildman–Crippen MR) is 76.3 cm³/mol. The monoisotopic (exact) mass is 311 g/mol. The number of nitro benzene ring substituents is 2. The third kappa shape index (κ3) is 2.78. The van der Waals surface area contributed by atoms with Gasteiger partial charge in [-0.3, -0.25) is 20.2 Å². The van der Waals surface area contributed by atoms with E-state index in [1.165, 1.54) is 6.07 Å². The van der Waals surface area contributed by atoms with Crippen molar-refractivity contribution in [3.05, 3.63) is 44.0 Å². The first kappa shape index (κ1) is 16.3. The second-order valence-electron chi connectivity index (χ2n) is 5.95. The molecule has 2 N–H and O–H groups in total. The van der Waals surface area contributed by atoms with Crippen LogP contribution in [0.15, 0.2) is 18.2 Å². The molecule has 1 saturated heterocycles. The zero-order valence-electron chi connectivity index (χ0n) is 12.4. The largest absolute Gasteiger partial charge is 0.361 e. The molecule has 9 heteroatoms. The molecule has 0 amide bonds. The van der Waals surface area contributed by atoms with Gasteiger partial charge in [-0.15, -0.1) is 0 Å². The number of nitro groups is 2. The van der Waals surface area contributed by atoms with Crippen LogP contribution in [0.25, 0.3) is 0 Å². The number of ether oxygens (including phenoxy) is 1. The number of nitrogens with zero attached hydrogens (tertiary/aromatic N) is 2. The lowest BCUT2D eigenvalue weighted by Gasteiger charge is -2.46. The fourth-order valence-corrected chi connectivity index (χ4v) is 2.52. The van der Waals surface area contributed by atoms with Crippen molar-refractivity contribution < 1.29 is 19.7 Å². The van der Waals surface area contributed by atoms with E-state index in [1.54, 1.807) is 6.92 Å². The fourth-order valence-electron chi connectivity index (χ4n) is 2.52. The molecule has 1 fully saturated rings. The van der Waals surface area contributed by atoms with Crippen LogP contribution in [0.4, 0.5) is 11.4 Å². The Kier molecular flexibility index (Phi) is 3.90. The number of hydrogen-bond donors (Lipinski definition) is 2. The predicted octanol–water partition coefficient (Wildman–Crippen LogP) is 1.43. The molecular formula is C13H17N3O6. The van der Waals surface area contributed by atoms with Crippen LogP contribution in [-0.4, -0.2) is 33.1 Å². The van der Waals surface area contributed by atoms with Crippen molar-refractivity contribution >= 4 is 11.4 Å². The second kappa shape index (κ2) is 5.27. The summed E-state index contributed by atoms with van der Waals surface area (Å²) in [5.74, 6) is -1.80. The maximum atomic E-state index is 11.0. The van der Waals surface area contributed by atoms with Gasteiger partial charge >= 0.3 is 11.4 Å². The van der Waals surface area contributed by atoms with Crippen LogP contribution >= 0.6 is 0 Å². The molecule has 1 aromatic rings. The molecular weight excluding hydrogens is 294 g/mol. The third-order valence-corrected chi connectivity index (χ3v) is 3.63. The molecule has 2 atom stereocenters. The van der Waals surface area contributed by atoms with E-state index in [2.05, 4.69) is 5.32 Å². The Morgan fingerprint density at radius 3 is 2.36 bits per heavy atom. The van der Waals surface area contributed by atoms with Crippen LogP contribution in [0.5, 0.6) is 0 Å². The van der Waals surface area contributed by atoms with E-state index in [-0.39, 0.29) is 17.7 Å². The van der Waals surface area contributed by atoms with E-state index >= 15 is 0 Å². The van der Waals surface area contributed by atoms with Crippen molar-refractivity contribution in [1.29, 1.82) is 0 Å². The van der Waals surface area contributed by atoms with Gasteiger partial charge in [0.2, 0.25) is 5.79 Å². The summed E-state index contributed by atoms with van der Waals surface area (Å²) in [5.41, 5.74) is -1.58. The SMILES string of the molecule is CC1NC(C)(C)COC1(O)c1ccc([N+](=O)[O-])c([N+](=O)[O-])c1. The quantitative estimate of drug-likeness (QED) is 0.638. The molecule has 22 heavy (non-hydrogen) atoms. The first-order valence-corrected chi connectivity index (χ1v) is 6.64. The van der Waals surface area contributed by atoms with Gasteiger partial charge in [0.25, 0.3) is 0 Å². The van der Waals surface area contributed by atoms with E-state index < -0.39 is 33.1 Å². The van der Waals surface area contributed by atoms with Crippen LogP contribution in [0, 0.1) is 20.2 Å². The summed E-state index contributed by atoms with van der Waals surface area (Å²) in [6.07, 6.45) is 0. The van der Waals surface area contributed by atoms with Gasteiger partial charge in [-0.1, -0.05) is 0 Å². The molecule has 2 unspecified atom stereocenters. The number of hydrogen-bond acceptors (Lipinski definition) is 7. The lowest BCUT2D eigenvalue weighted by Crippen LogP contribution is -2.63. The molecule has 9 nitrogen and oxygen atoms in total. The molecule has 0 aliphatic carbocycles. The van der Waals surface area contributed by atoms with Gasteiger partial charge in [-0.2, -0.15) is 0 Å². The van der Waals surface area contributed by atoms with Crippen molar-refractivity contribution in [2.75, 3.05) is 6.61 Å².